The first kappa shape index (κ1) is 14.4. The smallest absolute Gasteiger partial charge is 0.131 e. The summed E-state index contributed by atoms with van der Waals surface area (Å²) >= 11 is 0. The molecule has 1 saturated heterocycles. The lowest BCUT2D eigenvalue weighted by atomic mass is 9.92. The molecule has 1 fully saturated rings. The van der Waals surface area contributed by atoms with Crippen molar-refractivity contribution in [2.24, 2.45) is 13.0 Å². The second kappa shape index (κ2) is 5.95. The van der Waals surface area contributed by atoms with Crippen molar-refractivity contribution in [1.29, 1.82) is 0 Å². The molecular weight excluding hydrogens is 236 g/mol. The number of nitrogens with zero attached hydrogens (tertiary/aromatic N) is 3. The van der Waals surface area contributed by atoms with Gasteiger partial charge in [0.05, 0.1) is 5.69 Å². The standard InChI is InChI=1S/C15H28N4/c1-6-16-10-14-12(3)17-18(5)15(14)19-9-7-8-11(2)13(19)4/h11,13,16H,6-10H2,1-5H3. The van der Waals surface area contributed by atoms with Gasteiger partial charge in [-0.15, -0.1) is 0 Å². The van der Waals surface area contributed by atoms with Crippen molar-refractivity contribution in [2.45, 2.75) is 53.1 Å². The number of piperidine rings is 1. The van der Waals surface area contributed by atoms with E-state index in [2.05, 4.69) is 54.7 Å². The third kappa shape index (κ3) is 2.78. The third-order valence-corrected chi connectivity index (χ3v) is 4.51. The summed E-state index contributed by atoms with van der Waals surface area (Å²) in [4.78, 5) is 2.56. The molecule has 19 heavy (non-hydrogen) atoms. The molecule has 0 radical (unpaired) electrons. The normalized spacial score (nSPS) is 23.9. The molecule has 2 heterocycles. The highest BCUT2D eigenvalue weighted by atomic mass is 15.4. The van der Waals surface area contributed by atoms with Gasteiger partial charge in [0.1, 0.15) is 5.82 Å². The monoisotopic (exact) mass is 264 g/mol. The predicted molar refractivity (Wildman–Crippen MR) is 80.5 cm³/mol. The van der Waals surface area contributed by atoms with Crippen LogP contribution in [-0.4, -0.2) is 28.9 Å². The van der Waals surface area contributed by atoms with E-state index in [1.165, 1.54) is 24.2 Å². The van der Waals surface area contributed by atoms with Crippen LogP contribution in [0.15, 0.2) is 0 Å². The zero-order valence-corrected chi connectivity index (χ0v) is 13.0. The topological polar surface area (TPSA) is 33.1 Å². The number of nitrogens with one attached hydrogen (secondary N) is 1. The Kier molecular flexibility index (Phi) is 4.50. The van der Waals surface area contributed by atoms with Gasteiger partial charge in [0.15, 0.2) is 0 Å². The maximum atomic E-state index is 4.63. The van der Waals surface area contributed by atoms with Crippen LogP contribution in [0.1, 0.15) is 44.9 Å². The minimum absolute atomic E-state index is 0.601. The van der Waals surface area contributed by atoms with Gasteiger partial charge in [0, 0.05) is 31.7 Å². The van der Waals surface area contributed by atoms with Crippen molar-refractivity contribution in [1.82, 2.24) is 15.1 Å². The molecule has 0 aromatic carbocycles. The first-order valence-corrected chi connectivity index (χ1v) is 7.56. The van der Waals surface area contributed by atoms with E-state index in [1.807, 2.05) is 0 Å². The van der Waals surface area contributed by atoms with Crippen LogP contribution in [-0.2, 0) is 13.6 Å². The summed E-state index contributed by atoms with van der Waals surface area (Å²) in [5.41, 5.74) is 2.52. The zero-order valence-electron chi connectivity index (χ0n) is 13.0. The van der Waals surface area contributed by atoms with E-state index < -0.39 is 0 Å². The van der Waals surface area contributed by atoms with Gasteiger partial charge in [-0.1, -0.05) is 13.8 Å². The highest BCUT2D eigenvalue weighted by Gasteiger charge is 2.29. The quantitative estimate of drug-likeness (QED) is 0.907. The van der Waals surface area contributed by atoms with Gasteiger partial charge in [-0.3, -0.25) is 4.68 Å². The summed E-state index contributed by atoms with van der Waals surface area (Å²) < 4.78 is 2.07. The summed E-state index contributed by atoms with van der Waals surface area (Å²) in [5, 5.41) is 8.08. The van der Waals surface area contributed by atoms with Crippen LogP contribution < -0.4 is 10.2 Å². The summed E-state index contributed by atoms with van der Waals surface area (Å²) in [7, 11) is 2.07. The number of hydrogen-bond acceptors (Lipinski definition) is 3. The number of hydrogen-bond donors (Lipinski definition) is 1. The van der Waals surface area contributed by atoms with Gasteiger partial charge in [0.2, 0.25) is 0 Å². The van der Waals surface area contributed by atoms with E-state index in [4.69, 9.17) is 0 Å². The fourth-order valence-electron chi connectivity index (χ4n) is 3.14. The summed E-state index contributed by atoms with van der Waals surface area (Å²) in [6.45, 7) is 12.1. The average molecular weight is 264 g/mol. The van der Waals surface area contributed by atoms with Crippen LogP contribution in [0.3, 0.4) is 0 Å². The average Bonchev–Trinajstić information content (AvgIpc) is 2.65. The molecule has 2 atom stereocenters. The van der Waals surface area contributed by atoms with Crippen LogP contribution in [0.4, 0.5) is 5.82 Å². The molecule has 4 nitrogen and oxygen atoms in total. The molecule has 0 bridgehead atoms. The molecule has 2 rings (SSSR count). The largest absolute Gasteiger partial charge is 0.354 e. The van der Waals surface area contributed by atoms with Gasteiger partial charge in [0.25, 0.3) is 0 Å². The maximum absolute atomic E-state index is 4.63. The second-order valence-electron chi connectivity index (χ2n) is 5.85. The Balaban J connectivity index is 2.31. The lowest BCUT2D eigenvalue weighted by Crippen LogP contribution is -2.44. The number of rotatable bonds is 4. The van der Waals surface area contributed by atoms with Gasteiger partial charge in [-0.2, -0.15) is 5.10 Å². The van der Waals surface area contributed by atoms with Gasteiger partial charge < -0.3 is 10.2 Å². The minimum Gasteiger partial charge on any atom is -0.354 e. The second-order valence-corrected chi connectivity index (χ2v) is 5.85. The molecule has 0 amide bonds. The molecule has 1 aromatic rings. The highest BCUT2D eigenvalue weighted by molar-refractivity contribution is 5.51. The zero-order chi connectivity index (χ0) is 14.0. The number of anilines is 1. The van der Waals surface area contributed by atoms with Crippen molar-refractivity contribution in [2.75, 3.05) is 18.0 Å². The molecule has 4 heteroatoms. The SMILES string of the molecule is CCNCc1c(C)nn(C)c1N1CCCC(C)C1C. The summed E-state index contributed by atoms with van der Waals surface area (Å²) in [6, 6.07) is 0.601. The third-order valence-electron chi connectivity index (χ3n) is 4.51. The van der Waals surface area contributed by atoms with Gasteiger partial charge in [-0.05, 0) is 39.2 Å². The first-order chi connectivity index (χ1) is 9.06. The highest BCUT2D eigenvalue weighted by Crippen LogP contribution is 2.31. The van der Waals surface area contributed by atoms with E-state index in [0.717, 1.165) is 31.2 Å². The molecule has 1 aromatic heterocycles. The van der Waals surface area contributed by atoms with E-state index in [9.17, 15) is 0 Å². The van der Waals surface area contributed by atoms with Crippen molar-refractivity contribution in [3.05, 3.63) is 11.3 Å². The van der Waals surface area contributed by atoms with Crippen molar-refractivity contribution in [3.63, 3.8) is 0 Å². The lowest BCUT2D eigenvalue weighted by Gasteiger charge is -2.40. The van der Waals surface area contributed by atoms with E-state index >= 15 is 0 Å². The lowest BCUT2D eigenvalue weighted by molar-refractivity contribution is 0.358. The molecule has 108 valence electrons. The van der Waals surface area contributed by atoms with Gasteiger partial charge >= 0.3 is 0 Å². The van der Waals surface area contributed by atoms with Crippen LogP contribution in [0, 0.1) is 12.8 Å². The van der Waals surface area contributed by atoms with E-state index in [1.54, 1.807) is 0 Å². The van der Waals surface area contributed by atoms with E-state index in [0.29, 0.717) is 6.04 Å². The Morgan fingerprint density at radius 1 is 1.37 bits per heavy atom. The Labute approximate surface area is 117 Å². The fourth-order valence-corrected chi connectivity index (χ4v) is 3.14. The number of aromatic nitrogens is 2. The molecule has 0 aliphatic carbocycles. The summed E-state index contributed by atoms with van der Waals surface area (Å²) in [6.07, 6.45) is 2.63. The Morgan fingerprint density at radius 2 is 2.11 bits per heavy atom. The first-order valence-electron chi connectivity index (χ1n) is 7.56. The molecule has 1 aliphatic heterocycles. The van der Waals surface area contributed by atoms with Crippen LogP contribution >= 0.6 is 0 Å². The molecule has 1 aliphatic rings. The van der Waals surface area contributed by atoms with Crippen molar-refractivity contribution in [3.8, 4) is 0 Å². The molecular formula is C15H28N4. The van der Waals surface area contributed by atoms with E-state index in [-0.39, 0.29) is 0 Å². The minimum atomic E-state index is 0.601. The number of aryl methyl sites for hydroxylation is 2. The van der Waals surface area contributed by atoms with Crippen molar-refractivity contribution >= 4 is 5.82 Å². The molecule has 0 saturated carbocycles. The van der Waals surface area contributed by atoms with Crippen LogP contribution in [0.2, 0.25) is 0 Å². The predicted octanol–water partition coefficient (Wildman–Crippen LogP) is 2.46. The fraction of sp³-hybridized carbons (Fsp3) is 0.800. The Bertz CT molecular complexity index is 424. The molecule has 1 N–H and O–H groups in total. The molecule has 2 unspecified atom stereocenters. The Hall–Kier alpha value is -1.03. The Morgan fingerprint density at radius 3 is 2.79 bits per heavy atom. The summed E-state index contributed by atoms with van der Waals surface area (Å²) in [5.74, 6) is 2.08. The van der Waals surface area contributed by atoms with Gasteiger partial charge in [-0.25, -0.2) is 0 Å². The molecule has 0 spiro atoms. The van der Waals surface area contributed by atoms with Crippen molar-refractivity contribution < 1.29 is 0 Å². The maximum Gasteiger partial charge on any atom is 0.131 e. The van der Waals surface area contributed by atoms with Crippen LogP contribution in [0.25, 0.3) is 0 Å². The van der Waals surface area contributed by atoms with Crippen LogP contribution in [0.5, 0.6) is 0 Å².